The van der Waals surface area contributed by atoms with Gasteiger partial charge in [0.1, 0.15) is 5.75 Å². The molecule has 1 heterocycles. The van der Waals surface area contributed by atoms with Crippen LogP contribution in [0.3, 0.4) is 0 Å². The lowest BCUT2D eigenvalue weighted by molar-refractivity contribution is 0.170. The van der Waals surface area contributed by atoms with Gasteiger partial charge in [0, 0.05) is 24.9 Å². The van der Waals surface area contributed by atoms with Crippen LogP contribution in [0.4, 0.5) is 4.79 Å². The SMILES string of the molecule is COC(=O)NCC(Cc1cccnc1)c1ccc(OC)cc1. The van der Waals surface area contributed by atoms with Gasteiger partial charge < -0.3 is 14.8 Å². The number of nitrogens with zero attached hydrogens (tertiary/aromatic N) is 1. The maximum atomic E-state index is 11.3. The predicted molar refractivity (Wildman–Crippen MR) is 84.1 cm³/mol. The number of benzene rings is 1. The van der Waals surface area contributed by atoms with Crippen LogP contribution in [0.15, 0.2) is 48.8 Å². The van der Waals surface area contributed by atoms with Crippen molar-refractivity contribution in [3.8, 4) is 5.75 Å². The van der Waals surface area contributed by atoms with Crippen molar-refractivity contribution >= 4 is 6.09 Å². The molecular formula is C17H20N2O3. The normalized spacial score (nSPS) is 11.5. The van der Waals surface area contributed by atoms with Gasteiger partial charge >= 0.3 is 6.09 Å². The summed E-state index contributed by atoms with van der Waals surface area (Å²) in [5, 5.41) is 2.77. The minimum absolute atomic E-state index is 0.134. The fraction of sp³-hybridized carbons (Fsp3) is 0.294. The number of ether oxygens (including phenoxy) is 2. The molecule has 1 aromatic carbocycles. The first kappa shape index (κ1) is 15.8. The summed E-state index contributed by atoms with van der Waals surface area (Å²) in [6.07, 6.45) is 3.95. The molecule has 0 aliphatic rings. The van der Waals surface area contributed by atoms with Gasteiger partial charge in [-0.1, -0.05) is 18.2 Å². The Labute approximate surface area is 130 Å². The number of amides is 1. The van der Waals surface area contributed by atoms with Crippen LogP contribution in [-0.2, 0) is 11.2 Å². The van der Waals surface area contributed by atoms with Gasteiger partial charge in [0.25, 0.3) is 0 Å². The smallest absolute Gasteiger partial charge is 0.406 e. The zero-order valence-corrected chi connectivity index (χ0v) is 12.8. The zero-order chi connectivity index (χ0) is 15.8. The molecule has 2 aromatic rings. The van der Waals surface area contributed by atoms with Crippen LogP contribution >= 0.6 is 0 Å². The number of rotatable bonds is 6. The Bertz CT molecular complexity index is 585. The van der Waals surface area contributed by atoms with Gasteiger partial charge in [-0.05, 0) is 35.7 Å². The van der Waals surface area contributed by atoms with E-state index in [-0.39, 0.29) is 5.92 Å². The highest BCUT2D eigenvalue weighted by atomic mass is 16.5. The predicted octanol–water partition coefficient (Wildman–Crippen LogP) is 2.77. The molecule has 0 bridgehead atoms. The summed E-state index contributed by atoms with van der Waals surface area (Å²) < 4.78 is 9.82. The second-order valence-electron chi connectivity index (χ2n) is 4.91. The molecule has 5 heteroatoms. The van der Waals surface area contributed by atoms with Crippen molar-refractivity contribution in [3.05, 3.63) is 59.9 Å². The van der Waals surface area contributed by atoms with Crippen molar-refractivity contribution in [1.82, 2.24) is 10.3 Å². The second-order valence-corrected chi connectivity index (χ2v) is 4.91. The Morgan fingerprint density at radius 1 is 1.23 bits per heavy atom. The largest absolute Gasteiger partial charge is 0.497 e. The monoisotopic (exact) mass is 300 g/mol. The number of aromatic nitrogens is 1. The highest BCUT2D eigenvalue weighted by Gasteiger charge is 2.14. The molecule has 1 unspecified atom stereocenters. The van der Waals surface area contributed by atoms with Crippen molar-refractivity contribution < 1.29 is 14.3 Å². The van der Waals surface area contributed by atoms with Crippen molar-refractivity contribution in [2.24, 2.45) is 0 Å². The van der Waals surface area contributed by atoms with E-state index in [4.69, 9.17) is 4.74 Å². The van der Waals surface area contributed by atoms with Crippen LogP contribution in [0.2, 0.25) is 0 Å². The fourth-order valence-electron chi connectivity index (χ4n) is 2.27. The number of carbonyl (C=O) groups is 1. The Morgan fingerprint density at radius 3 is 2.59 bits per heavy atom. The highest BCUT2D eigenvalue weighted by molar-refractivity contribution is 5.66. The van der Waals surface area contributed by atoms with Gasteiger partial charge in [0.15, 0.2) is 0 Å². The number of carbonyl (C=O) groups excluding carboxylic acids is 1. The van der Waals surface area contributed by atoms with Gasteiger partial charge in [-0.25, -0.2) is 4.79 Å². The first-order valence-corrected chi connectivity index (χ1v) is 7.07. The Kier molecular flexibility index (Phi) is 5.77. The maximum Gasteiger partial charge on any atom is 0.406 e. The molecule has 1 amide bonds. The van der Waals surface area contributed by atoms with E-state index in [1.165, 1.54) is 7.11 Å². The van der Waals surface area contributed by atoms with E-state index in [2.05, 4.69) is 15.0 Å². The van der Waals surface area contributed by atoms with E-state index in [0.29, 0.717) is 6.54 Å². The van der Waals surface area contributed by atoms with E-state index in [0.717, 1.165) is 23.3 Å². The van der Waals surface area contributed by atoms with Crippen LogP contribution in [0, 0.1) is 0 Å². The molecule has 1 atom stereocenters. The minimum Gasteiger partial charge on any atom is -0.497 e. The van der Waals surface area contributed by atoms with Crippen molar-refractivity contribution in [2.45, 2.75) is 12.3 Å². The molecule has 5 nitrogen and oxygen atoms in total. The lowest BCUT2D eigenvalue weighted by Gasteiger charge is -2.18. The summed E-state index contributed by atoms with van der Waals surface area (Å²) in [7, 11) is 3.00. The van der Waals surface area contributed by atoms with Gasteiger partial charge in [-0.2, -0.15) is 0 Å². The molecule has 0 saturated heterocycles. The Morgan fingerprint density at radius 2 is 2.00 bits per heavy atom. The fourth-order valence-corrected chi connectivity index (χ4v) is 2.27. The third kappa shape index (κ3) is 4.48. The molecular weight excluding hydrogens is 280 g/mol. The molecule has 1 N–H and O–H groups in total. The summed E-state index contributed by atoms with van der Waals surface area (Å²) in [6, 6.07) is 11.8. The van der Waals surface area contributed by atoms with Crippen LogP contribution < -0.4 is 10.1 Å². The van der Waals surface area contributed by atoms with Crippen LogP contribution in [0.25, 0.3) is 0 Å². The molecule has 0 fully saturated rings. The first-order valence-electron chi connectivity index (χ1n) is 7.07. The first-order chi connectivity index (χ1) is 10.7. The number of alkyl carbamates (subject to hydrolysis) is 1. The molecule has 22 heavy (non-hydrogen) atoms. The van der Waals surface area contributed by atoms with Crippen LogP contribution in [-0.4, -0.2) is 31.8 Å². The highest BCUT2D eigenvalue weighted by Crippen LogP contribution is 2.22. The quantitative estimate of drug-likeness (QED) is 0.891. The average molecular weight is 300 g/mol. The maximum absolute atomic E-state index is 11.3. The van der Waals surface area contributed by atoms with Gasteiger partial charge in [-0.15, -0.1) is 0 Å². The molecule has 1 aromatic heterocycles. The number of hydrogen-bond acceptors (Lipinski definition) is 4. The van der Waals surface area contributed by atoms with Gasteiger partial charge in [0.2, 0.25) is 0 Å². The van der Waals surface area contributed by atoms with E-state index < -0.39 is 6.09 Å². The molecule has 2 rings (SSSR count). The number of hydrogen-bond donors (Lipinski definition) is 1. The Balaban J connectivity index is 2.14. The van der Waals surface area contributed by atoms with Gasteiger partial charge in [0.05, 0.1) is 14.2 Å². The summed E-state index contributed by atoms with van der Waals surface area (Å²) in [4.78, 5) is 15.5. The van der Waals surface area contributed by atoms with Crippen molar-refractivity contribution in [3.63, 3.8) is 0 Å². The number of nitrogens with one attached hydrogen (secondary N) is 1. The molecule has 0 spiro atoms. The number of methoxy groups -OCH3 is 2. The Hall–Kier alpha value is -2.56. The third-order valence-electron chi connectivity index (χ3n) is 3.47. The molecule has 116 valence electrons. The lowest BCUT2D eigenvalue weighted by Crippen LogP contribution is -2.29. The molecule has 0 saturated carbocycles. The van der Waals surface area contributed by atoms with Crippen molar-refractivity contribution in [2.75, 3.05) is 20.8 Å². The standard InChI is InChI=1S/C17H20N2O3/c1-21-16-7-5-14(6-8-16)15(12-19-17(20)22-2)10-13-4-3-9-18-11-13/h3-9,11,15H,10,12H2,1-2H3,(H,19,20). The van der Waals surface area contributed by atoms with Crippen LogP contribution in [0.1, 0.15) is 17.0 Å². The summed E-state index contributed by atoms with van der Waals surface area (Å²) in [5.41, 5.74) is 2.25. The van der Waals surface area contributed by atoms with E-state index >= 15 is 0 Å². The third-order valence-corrected chi connectivity index (χ3v) is 3.47. The summed E-state index contributed by atoms with van der Waals surface area (Å²) in [5.74, 6) is 0.944. The average Bonchev–Trinajstić information content (AvgIpc) is 2.59. The lowest BCUT2D eigenvalue weighted by atomic mass is 9.92. The summed E-state index contributed by atoms with van der Waals surface area (Å²) in [6.45, 7) is 0.494. The minimum atomic E-state index is -0.426. The van der Waals surface area contributed by atoms with E-state index in [1.54, 1.807) is 13.3 Å². The summed E-state index contributed by atoms with van der Waals surface area (Å²) >= 11 is 0. The second kappa shape index (κ2) is 8.02. The van der Waals surface area contributed by atoms with Crippen molar-refractivity contribution in [1.29, 1.82) is 0 Å². The molecule has 0 aliphatic heterocycles. The topological polar surface area (TPSA) is 60.5 Å². The van der Waals surface area contributed by atoms with Crippen LogP contribution in [0.5, 0.6) is 5.75 Å². The zero-order valence-electron chi connectivity index (χ0n) is 12.8. The molecule has 0 aliphatic carbocycles. The van der Waals surface area contributed by atoms with E-state index in [9.17, 15) is 4.79 Å². The molecule has 0 radical (unpaired) electrons. The van der Waals surface area contributed by atoms with E-state index in [1.807, 2.05) is 42.6 Å². The van der Waals surface area contributed by atoms with Gasteiger partial charge in [-0.3, -0.25) is 4.98 Å². The number of pyridine rings is 1.